The molecule has 3 N–H and O–H groups in total. The van der Waals surface area contributed by atoms with Crippen LogP contribution in [0.5, 0.6) is 0 Å². The molecule has 3 rings (SSSR count). The number of hydrogen-bond donors (Lipinski definition) is 3. The van der Waals surface area contributed by atoms with Crippen molar-refractivity contribution in [2.45, 2.75) is 0 Å². The van der Waals surface area contributed by atoms with Gasteiger partial charge in [-0.3, -0.25) is 14.9 Å². The summed E-state index contributed by atoms with van der Waals surface area (Å²) in [6.07, 6.45) is 1.24. The first-order chi connectivity index (χ1) is 11.2. The number of para-hydroxylation sites is 2. The van der Waals surface area contributed by atoms with Crippen molar-refractivity contribution in [3.63, 3.8) is 0 Å². The van der Waals surface area contributed by atoms with Gasteiger partial charge in [0.1, 0.15) is 6.33 Å². The Balaban J connectivity index is 1.69. The Hall–Kier alpha value is -2.94. The van der Waals surface area contributed by atoms with Crippen molar-refractivity contribution in [2.24, 2.45) is 0 Å². The van der Waals surface area contributed by atoms with Gasteiger partial charge in [0, 0.05) is 13.1 Å². The van der Waals surface area contributed by atoms with E-state index in [0.29, 0.717) is 18.9 Å². The molecule has 1 aliphatic heterocycles. The maximum absolute atomic E-state index is 12.0. The Morgan fingerprint density at radius 1 is 1.13 bits per heavy atom. The minimum absolute atomic E-state index is 0.117. The fourth-order valence-electron chi connectivity index (χ4n) is 2.27. The summed E-state index contributed by atoms with van der Waals surface area (Å²) in [6.45, 7) is 2.73. The molecule has 0 unspecified atom stereocenters. The van der Waals surface area contributed by atoms with Crippen LogP contribution in [0.4, 0.5) is 17.3 Å². The second-order valence-electron chi connectivity index (χ2n) is 4.86. The van der Waals surface area contributed by atoms with Crippen molar-refractivity contribution >= 4 is 29.1 Å². The first-order valence-corrected chi connectivity index (χ1v) is 7.13. The molecule has 0 bridgehead atoms. The van der Waals surface area contributed by atoms with Gasteiger partial charge in [-0.25, -0.2) is 5.10 Å². The lowest BCUT2D eigenvalue weighted by Crippen LogP contribution is -2.37. The van der Waals surface area contributed by atoms with Crippen LogP contribution in [0.25, 0.3) is 0 Å². The Kier molecular flexibility index (Phi) is 4.48. The van der Waals surface area contributed by atoms with Crippen LogP contribution in [0.2, 0.25) is 0 Å². The quantitative estimate of drug-likeness (QED) is 0.698. The first kappa shape index (κ1) is 15.0. The van der Waals surface area contributed by atoms with Crippen molar-refractivity contribution in [3.8, 4) is 0 Å². The number of amides is 2. The molecule has 1 aromatic carbocycles. The van der Waals surface area contributed by atoms with Crippen LogP contribution in [-0.2, 0) is 14.3 Å². The van der Waals surface area contributed by atoms with E-state index in [0.717, 1.165) is 18.8 Å². The van der Waals surface area contributed by atoms with Gasteiger partial charge in [0.15, 0.2) is 0 Å². The molecule has 1 aromatic heterocycles. The number of H-pyrrole nitrogens is 1. The Labute approximate surface area is 132 Å². The zero-order valence-corrected chi connectivity index (χ0v) is 12.3. The van der Waals surface area contributed by atoms with Crippen LogP contribution in [0.15, 0.2) is 30.6 Å². The molecule has 0 saturated carbocycles. The minimum atomic E-state index is -0.821. The third kappa shape index (κ3) is 3.64. The number of ether oxygens (including phenoxy) is 1. The zero-order chi connectivity index (χ0) is 16.1. The maximum atomic E-state index is 12.0. The number of rotatable bonds is 3. The van der Waals surface area contributed by atoms with Crippen molar-refractivity contribution < 1.29 is 14.3 Å². The number of hydrogen-bond acceptors (Lipinski definition) is 6. The van der Waals surface area contributed by atoms with E-state index < -0.39 is 11.8 Å². The third-order valence-corrected chi connectivity index (χ3v) is 3.36. The lowest BCUT2D eigenvalue weighted by atomic mass is 10.2. The molecule has 2 aromatic rings. The Morgan fingerprint density at radius 2 is 1.87 bits per heavy atom. The van der Waals surface area contributed by atoms with Crippen LogP contribution < -0.4 is 15.5 Å². The van der Waals surface area contributed by atoms with E-state index in [2.05, 4.69) is 30.7 Å². The van der Waals surface area contributed by atoms with Crippen LogP contribution in [0.3, 0.4) is 0 Å². The number of aromatic nitrogens is 3. The normalized spacial score (nSPS) is 14.3. The van der Waals surface area contributed by atoms with Crippen LogP contribution >= 0.6 is 0 Å². The number of benzene rings is 1. The van der Waals surface area contributed by atoms with E-state index in [1.54, 1.807) is 12.1 Å². The van der Waals surface area contributed by atoms with Crippen molar-refractivity contribution in [1.29, 1.82) is 0 Å². The zero-order valence-electron chi connectivity index (χ0n) is 12.3. The molecule has 120 valence electrons. The number of carbonyl (C=O) groups excluding carboxylic acids is 2. The summed E-state index contributed by atoms with van der Waals surface area (Å²) in [7, 11) is 0. The highest BCUT2D eigenvalue weighted by Crippen LogP contribution is 2.26. The van der Waals surface area contributed by atoms with Gasteiger partial charge in [-0.1, -0.05) is 12.1 Å². The van der Waals surface area contributed by atoms with Crippen LogP contribution in [0, 0.1) is 0 Å². The summed E-state index contributed by atoms with van der Waals surface area (Å²) < 4.78 is 5.33. The van der Waals surface area contributed by atoms with E-state index in [-0.39, 0.29) is 5.95 Å². The predicted octanol–water partition coefficient (Wildman–Crippen LogP) is 0.218. The average molecular weight is 316 g/mol. The van der Waals surface area contributed by atoms with Gasteiger partial charge in [-0.2, -0.15) is 10.1 Å². The summed E-state index contributed by atoms with van der Waals surface area (Å²) in [5.41, 5.74) is 1.43. The van der Waals surface area contributed by atoms with Crippen molar-refractivity contribution in [1.82, 2.24) is 15.2 Å². The second-order valence-corrected chi connectivity index (χ2v) is 4.86. The highest BCUT2D eigenvalue weighted by atomic mass is 16.5. The van der Waals surface area contributed by atoms with E-state index >= 15 is 0 Å². The molecular formula is C14H16N6O3. The fraction of sp³-hybridized carbons (Fsp3) is 0.286. The van der Waals surface area contributed by atoms with E-state index in [9.17, 15) is 9.59 Å². The number of morpholine rings is 1. The Bertz CT molecular complexity index is 682. The summed E-state index contributed by atoms with van der Waals surface area (Å²) in [6, 6.07) is 7.34. The number of nitrogens with one attached hydrogen (secondary N) is 3. The summed E-state index contributed by atoms with van der Waals surface area (Å²) in [4.78, 5) is 29.7. The van der Waals surface area contributed by atoms with Crippen LogP contribution in [-0.4, -0.2) is 53.3 Å². The molecule has 9 heteroatoms. The van der Waals surface area contributed by atoms with E-state index in [1.165, 1.54) is 6.33 Å². The number of aromatic amines is 1. The summed E-state index contributed by atoms with van der Waals surface area (Å²) in [5.74, 6) is -1.48. The predicted molar refractivity (Wildman–Crippen MR) is 83.1 cm³/mol. The molecule has 9 nitrogen and oxygen atoms in total. The first-order valence-electron chi connectivity index (χ1n) is 7.13. The lowest BCUT2D eigenvalue weighted by Gasteiger charge is -2.30. The van der Waals surface area contributed by atoms with Gasteiger partial charge >= 0.3 is 11.8 Å². The van der Waals surface area contributed by atoms with Gasteiger partial charge in [0.05, 0.1) is 24.6 Å². The fourth-order valence-corrected chi connectivity index (χ4v) is 2.27. The standard InChI is InChI=1S/C14H16N6O3/c21-12(13(22)18-14-15-9-16-19-14)17-10-3-1-2-4-11(10)20-5-7-23-8-6-20/h1-4,9H,5-8H2,(H,17,21)(H2,15,16,18,19,22). The summed E-state index contributed by atoms with van der Waals surface area (Å²) >= 11 is 0. The van der Waals surface area contributed by atoms with E-state index in [1.807, 2.05) is 12.1 Å². The highest BCUT2D eigenvalue weighted by molar-refractivity contribution is 6.43. The molecule has 1 saturated heterocycles. The van der Waals surface area contributed by atoms with Gasteiger partial charge in [0.2, 0.25) is 5.95 Å². The van der Waals surface area contributed by atoms with Crippen molar-refractivity contribution in [3.05, 3.63) is 30.6 Å². The molecule has 0 aliphatic carbocycles. The molecule has 23 heavy (non-hydrogen) atoms. The topological polar surface area (TPSA) is 112 Å². The van der Waals surface area contributed by atoms with Gasteiger partial charge in [0.25, 0.3) is 0 Å². The van der Waals surface area contributed by atoms with Crippen molar-refractivity contribution in [2.75, 3.05) is 41.8 Å². The summed E-state index contributed by atoms with van der Waals surface area (Å²) in [5, 5.41) is 11.0. The number of anilines is 3. The monoisotopic (exact) mass is 316 g/mol. The molecule has 2 heterocycles. The largest absolute Gasteiger partial charge is 0.378 e. The maximum Gasteiger partial charge on any atom is 0.316 e. The second kappa shape index (κ2) is 6.88. The highest BCUT2D eigenvalue weighted by Gasteiger charge is 2.19. The van der Waals surface area contributed by atoms with E-state index in [4.69, 9.17) is 4.74 Å². The van der Waals surface area contributed by atoms with Gasteiger partial charge in [-0.15, -0.1) is 0 Å². The molecule has 0 radical (unpaired) electrons. The molecule has 1 fully saturated rings. The number of nitrogens with zero attached hydrogens (tertiary/aromatic N) is 3. The molecule has 1 aliphatic rings. The lowest BCUT2D eigenvalue weighted by molar-refractivity contribution is -0.133. The molecule has 0 atom stereocenters. The van der Waals surface area contributed by atoms with Gasteiger partial charge < -0.3 is 15.0 Å². The Morgan fingerprint density at radius 3 is 2.61 bits per heavy atom. The molecular weight excluding hydrogens is 300 g/mol. The van der Waals surface area contributed by atoms with Gasteiger partial charge in [-0.05, 0) is 12.1 Å². The third-order valence-electron chi connectivity index (χ3n) is 3.36. The minimum Gasteiger partial charge on any atom is -0.378 e. The molecule has 0 spiro atoms. The number of carbonyl (C=O) groups is 2. The molecule has 2 amide bonds. The smallest absolute Gasteiger partial charge is 0.316 e. The SMILES string of the molecule is O=C(Nc1ncn[nH]1)C(=O)Nc1ccccc1N1CCOCC1. The average Bonchev–Trinajstić information content (AvgIpc) is 3.09. The van der Waals surface area contributed by atoms with Crippen LogP contribution in [0.1, 0.15) is 0 Å².